The van der Waals surface area contributed by atoms with Crippen LogP contribution in [0.4, 0.5) is 0 Å². The van der Waals surface area contributed by atoms with Crippen LogP contribution >= 0.6 is 0 Å². The van der Waals surface area contributed by atoms with Gasteiger partial charge in [0.05, 0.1) is 0 Å². The molecule has 0 spiro atoms. The molecule has 0 aromatic heterocycles. The first-order chi connectivity index (χ1) is 9.38. The van der Waals surface area contributed by atoms with Crippen LogP contribution in [0.15, 0.2) is 54.6 Å². The molecule has 0 unspecified atom stereocenters. The molecule has 0 aliphatic carbocycles. The molecule has 2 nitrogen and oxygen atoms in total. The molecule has 0 atom stereocenters. The van der Waals surface area contributed by atoms with Crippen LogP contribution in [0.3, 0.4) is 0 Å². The molecule has 4 aromatic carbocycles. The highest BCUT2D eigenvalue weighted by molar-refractivity contribution is 6.24. The Hall–Kier alpha value is -2.79. The highest BCUT2D eigenvalue weighted by Crippen LogP contribution is 2.38. The first-order valence-corrected chi connectivity index (χ1v) is 6.11. The van der Waals surface area contributed by atoms with E-state index < -0.39 is 0 Å². The van der Waals surface area contributed by atoms with Crippen molar-refractivity contribution in [3.8, 4) is 12.0 Å². The SMILES string of the molecule is N#COc1ccc2ccc3cccc4ccc1c2c34. The van der Waals surface area contributed by atoms with Gasteiger partial charge in [-0.25, -0.2) is 0 Å². The van der Waals surface area contributed by atoms with Crippen LogP contribution in [-0.4, -0.2) is 0 Å². The molecule has 0 amide bonds. The lowest BCUT2D eigenvalue weighted by atomic mass is 9.94. The van der Waals surface area contributed by atoms with E-state index in [2.05, 4.69) is 36.4 Å². The molecule has 4 rings (SSSR count). The van der Waals surface area contributed by atoms with Gasteiger partial charge in [-0.15, -0.1) is 5.26 Å². The van der Waals surface area contributed by atoms with Gasteiger partial charge in [0.1, 0.15) is 5.75 Å². The fraction of sp³-hybridized carbons (Fsp3) is 0. The molecule has 0 fully saturated rings. The Kier molecular flexibility index (Phi) is 1.93. The van der Waals surface area contributed by atoms with Gasteiger partial charge < -0.3 is 4.74 Å². The summed E-state index contributed by atoms with van der Waals surface area (Å²) >= 11 is 0. The summed E-state index contributed by atoms with van der Waals surface area (Å²) in [5.41, 5.74) is 0. The minimum Gasteiger partial charge on any atom is -0.387 e. The third-order valence-electron chi connectivity index (χ3n) is 3.64. The molecule has 0 N–H and O–H groups in total. The van der Waals surface area contributed by atoms with Gasteiger partial charge in [0.25, 0.3) is 6.26 Å². The second-order valence-electron chi connectivity index (χ2n) is 4.61. The van der Waals surface area contributed by atoms with Crippen molar-refractivity contribution in [2.24, 2.45) is 0 Å². The molecule has 0 saturated heterocycles. The van der Waals surface area contributed by atoms with E-state index in [1.54, 1.807) is 6.26 Å². The van der Waals surface area contributed by atoms with Gasteiger partial charge in [0.2, 0.25) is 0 Å². The molecule has 88 valence electrons. The average Bonchev–Trinajstić information content (AvgIpc) is 2.46. The third-order valence-corrected chi connectivity index (χ3v) is 3.64. The lowest BCUT2D eigenvalue weighted by molar-refractivity contribution is 0.513. The Bertz CT molecular complexity index is 934. The zero-order valence-corrected chi connectivity index (χ0v) is 10.1. The maximum Gasteiger partial charge on any atom is 0.292 e. The summed E-state index contributed by atoms with van der Waals surface area (Å²) in [5.74, 6) is 0.619. The summed E-state index contributed by atoms with van der Waals surface area (Å²) in [6.45, 7) is 0. The Morgan fingerprint density at radius 2 is 1.37 bits per heavy atom. The Morgan fingerprint density at radius 1 is 0.737 bits per heavy atom. The second kappa shape index (κ2) is 3.60. The lowest BCUT2D eigenvalue weighted by Crippen LogP contribution is -1.87. The highest BCUT2D eigenvalue weighted by Gasteiger charge is 2.11. The van der Waals surface area contributed by atoms with Gasteiger partial charge in [-0.05, 0) is 33.7 Å². The van der Waals surface area contributed by atoms with Crippen molar-refractivity contribution < 1.29 is 4.74 Å². The molecule has 2 heteroatoms. The first-order valence-electron chi connectivity index (χ1n) is 6.11. The molecule has 0 radical (unpaired) electrons. The normalized spacial score (nSPS) is 11.1. The van der Waals surface area contributed by atoms with E-state index in [9.17, 15) is 0 Å². The number of rotatable bonds is 1. The van der Waals surface area contributed by atoms with Crippen molar-refractivity contribution in [3.05, 3.63) is 54.6 Å². The minimum absolute atomic E-state index is 0.619. The van der Waals surface area contributed by atoms with E-state index in [1.165, 1.54) is 26.9 Å². The van der Waals surface area contributed by atoms with E-state index in [0.29, 0.717) is 5.75 Å². The second-order valence-corrected chi connectivity index (χ2v) is 4.61. The van der Waals surface area contributed by atoms with Crippen LogP contribution in [0.1, 0.15) is 0 Å². The third kappa shape index (κ3) is 1.30. The quantitative estimate of drug-likeness (QED) is 0.365. The Morgan fingerprint density at radius 3 is 2.11 bits per heavy atom. The summed E-state index contributed by atoms with van der Waals surface area (Å²) in [6, 6.07) is 18.5. The van der Waals surface area contributed by atoms with Crippen molar-refractivity contribution >= 4 is 32.3 Å². The molecule has 0 heterocycles. The van der Waals surface area contributed by atoms with Crippen LogP contribution in [0.25, 0.3) is 32.3 Å². The number of ether oxygens (including phenoxy) is 1. The predicted molar refractivity (Wildman–Crippen MR) is 76.4 cm³/mol. The summed E-state index contributed by atoms with van der Waals surface area (Å²) < 4.78 is 5.07. The van der Waals surface area contributed by atoms with Crippen LogP contribution in [0.2, 0.25) is 0 Å². The van der Waals surface area contributed by atoms with Crippen LogP contribution in [0.5, 0.6) is 5.75 Å². The monoisotopic (exact) mass is 243 g/mol. The van der Waals surface area contributed by atoms with Crippen molar-refractivity contribution in [2.75, 3.05) is 0 Å². The van der Waals surface area contributed by atoms with E-state index in [-0.39, 0.29) is 0 Å². The number of nitriles is 1. The predicted octanol–water partition coefficient (Wildman–Crippen LogP) is 4.44. The molecular weight excluding hydrogens is 234 g/mol. The van der Waals surface area contributed by atoms with E-state index in [1.807, 2.05) is 18.2 Å². The number of hydrogen-bond acceptors (Lipinski definition) is 2. The molecule has 0 bridgehead atoms. The summed E-state index contributed by atoms with van der Waals surface area (Å²) in [7, 11) is 0. The van der Waals surface area contributed by atoms with Gasteiger partial charge in [0, 0.05) is 10.8 Å². The zero-order chi connectivity index (χ0) is 12.8. The molecule has 0 saturated carbocycles. The maximum atomic E-state index is 8.74. The van der Waals surface area contributed by atoms with Gasteiger partial charge in [-0.1, -0.05) is 42.5 Å². The van der Waals surface area contributed by atoms with Gasteiger partial charge >= 0.3 is 0 Å². The molecule has 19 heavy (non-hydrogen) atoms. The average molecular weight is 243 g/mol. The van der Waals surface area contributed by atoms with Crippen LogP contribution < -0.4 is 4.74 Å². The van der Waals surface area contributed by atoms with E-state index in [4.69, 9.17) is 10.00 Å². The van der Waals surface area contributed by atoms with E-state index in [0.717, 1.165) is 5.39 Å². The highest BCUT2D eigenvalue weighted by atomic mass is 16.5. The van der Waals surface area contributed by atoms with Crippen molar-refractivity contribution in [1.29, 1.82) is 5.26 Å². The summed E-state index contributed by atoms with van der Waals surface area (Å²) in [6.07, 6.45) is 1.76. The van der Waals surface area contributed by atoms with E-state index >= 15 is 0 Å². The van der Waals surface area contributed by atoms with Gasteiger partial charge in [-0.2, -0.15) is 0 Å². The van der Waals surface area contributed by atoms with Crippen LogP contribution in [0, 0.1) is 11.5 Å². The van der Waals surface area contributed by atoms with Crippen molar-refractivity contribution in [3.63, 3.8) is 0 Å². The number of benzene rings is 4. The first kappa shape index (κ1) is 10.2. The fourth-order valence-corrected chi connectivity index (χ4v) is 2.85. The lowest BCUT2D eigenvalue weighted by Gasteiger charge is -2.11. The summed E-state index contributed by atoms with van der Waals surface area (Å²) in [5, 5.41) is 15.7. The zero-order valence-electron chi connectivity index (χ0n) is 10.1. The minimum atomic E-state index is 0.619. The fourth-order valence-electron chi connectivity index (χ4n) is 2.85. The van der Waals surface area contributed by atoms with Gasteiger partial charge in [-0.3, -0.25) is 0 Å². The summed E-state index contributed by atoms with van der Waals surface area (Å²) in [4.78, 5) is 0. The van der Waals surface area contributed by atoms with Crippen molar-refractivity contribution in [1.82, 2.24) is 0 Å². The number of nitrogens with zero attached hydrogens (tertiary/aromatic N) is 1. The molecule has 4 aromatic rings. The number of hydrogen-bond donors (Lipinski definition) is 0. The largest absolute Gasteiger partial charge is 0.387 e. The van der Waals surface area contributed by atoms with Gasteiger partial charge in [0.15, 0.2) is 0 Å². The molecule has 0 aliphatic rings. The van der Waals surface area contributed by atoms with Crippen molar-refractivity contribution in [2.45, 2.75) is 0 Å². The molecule has 0 aliphatic heterocycles. The Balaban J connectivity index is 2.32. The smallest absolute Gasteiger partial charge is 0.292 e. The van der Waals surface area contributed by atoms with Crippen LogP contribution in [-0.2, 0) is 0 Å². The topological polar surface area (TPSA) is 33.0 Å². The maximum absolute atomic E-state index is 8.74. The Labute approximate surface area is 109 Å². The molecular formula is C17H9NO. The standard InChI is InChI=1S/C17H9NO/c18-10-19-15-9-7-13-5-4-11-2-1-3-12-6-8-14(15)17(13)16(11)12/h1-9H.